The number of aliphatic imine (C=N–C) groups is 1. The summed E-state index contributed by atoms with van der Waals surface area (Å²) in [4.78, 5) is 22.5. The minimum atomic E-state index is -1.08. The molecule has 1 aliphatic carbocycles. The van der Waals surface area contributed by atoms with E-state index in [1.54, 1.807) is 19.3 Å². The Morgan fingerprint density at radius 2 is 2.13 bits per heavy atom. The predicted molar refractivity (Wildman–Crippen MR) is 148 cm³/mol. The fourth-order valence-corrected chi connectivity index (χ4v) is 5.54. The smallest absolute Gasteiger partial charge is 0.176 e. The molecular formula is C29H37F3N6O. The first kappa shape index (κ1) is 28.7. The van der Waals surface area contributed by atoms with Crippen LogP contribution in [0.25, 0.3) is 5.57 Å². The Labute approximate surface area is 227 Å². The van der Waals surface area contributed by atoms with Crippen LogP contribution >= 0.6 is 0 Å². The first-order valence-corrected chi connectivity index (χ1v) is 13.7. The number of aromatic nitrogens is 1. The van der Waals surface area contributed by atoms with Crippen LogP contribution in [0.5, 0.6) is 0 Å². The number of carbonyl (C=O) groups excluding carboxylic acids is 1. The van der Waals surface area contributed by atoms with E-state index < -0.39 is 23.6 Å². The van der Waals surface area contributed by atoms with Gasteiger partial charge in [0.15, 0.2) is 11.9 Å². The number of carbonyl (C=O) groups is 1. The summed E-state index contributed by atoms with van der Waals surface area (Å²) in [5, 5.41) is 11.5. The minimum Gasteiger partial charge on any atom is -0.366 e. The predicted octanol–water partition coefficient (Wildman–Crippen LogP) is 5.71. The zero-order valence-electron chi connectivity index (χ0n) is 22.5. The Balaban J connectivity index is 1.43. The van der Waals surface area contributed by atoms with Crippen LogP contribution in [-0.4, -0.2) is 53.4 Å². The Morgan fingerprint density at radius 1 is 1.33 bits per heavy atom. The Hall–Kier alpha value is -3.27. The normalized spacial score (nSPS) is 24.2. The molecule has 4 atom stereocenters. The van der Waals surface area contributed by atoms with Crippen LogP contribution in [0.15, 0.2) is 46.8 Å². The number of rotatable bonds is 10. The summed E-state index contributed by atoms with van der Waals surface area (Å²) >= 11 is 0. The number of ketones is 1. The quantitative estimate of drug-likeness (QED) is 0.259. The van der Waals surface area contributed by atoms with Crippen molar-refractivity contribution in [1.82, 2.24) is 9.88 Å². The number of pyridine rings is 1. The number of Topliss-reactive ketones (excluding diaryl/α,β-unsaturated/α-hetero) is 1. The molecule has 4 rings (SSSR count). The number of unbranched alkanes of at least 4 members (excludes halogenated alkanes) is 1. The van der Waals surface area contributed by atoms with Gasteiger partial charge in [-0.1, -0.05) is 18.9 Å². The van der Waals surface area contributed by atoms with Gasteiger partial charge in [-0.25, -0.2) is 18.2 Å². The number of halogens is 3. The third kappa shape index (κ3) is 6.84. The van der Waals surface area contributed by atoms with Crippen LogP contribution < -0.4 is 11.1 Å². The molecule has 10 heteroatoms. The molecule has 3 aliphatic rings. The van der Waals surface area contributed by atoms with Crippen molar-refractivity contribution in [2.24, 2.45) is 22.6 Å². The maximum absolute atomic E-state index is 15.1. The van der Waals surface area contributed by atoms with E-state index in [4.69, 9.17) is 11.1 Å². The van der Waals surface area contributed by atoms with Crippen molar-refractivity contribution in [3.8, 4) is 0 Å². The van der Waals surface area contributed by atoms with Gasteiger partial charge in [-0.2, -0.15) is 0 Å². The molecule has 0 radical (unpaired) electrons. The molecular weight excluding hydrogens is 505 g/mol. The van der Waals surface area contributed by atoms with Gasteiger partial charge in [-0.15, -0.1) is 0 Å². The molecule has 0 bridgehead atoms. The second kappa shape index (κ2) is 12.7. The monoisotopic (exact) mass is 542 g/mol. The van der Waals surface area contributed by atoms with E-state index in [0.29, 0.717) is 36.3 Å². The molecule has 1 saturated carbocycles. The maximum atomic E-state index is 15.1. The lowest BCUT2D eigenvalue weighted by Gasteiger charge is -2.34. The number of anilines is 1. The molecule has 39 heavy (non-hydrogen) atoms. The summed E-state index contributed by atoms with van der Waals surface area (Å²) in [5.74, 6) is -1.91. The van der Waals surface area contributed by atoms with Crippen LogP contribution in [-0.2, 0) is 4.79 Å². The highest BCUT2D eigenvalue weighted by Gasteiger charge is 2.33. The van der Waals surface area contributed by atoms with Gasteiger partial charge in [-0.05, 0) is 51.0 Å². The van der Waals surface area contributed by atoms with E-state index in [9.17, 15) is 13.6 Å². The van der Waals surface area contributed by atoms with Crippen molar-refractivity contribution < 1.29 is 18.0 Å². The summed E-state index contributed by atoms with van der Waals surface area (Å²) in [7, 11) is 1.56. The third-order valence-corrected chi connectivity index (χ3v) is 7.61. The molecule has 4 N–H and O–H groups in total. The van der Waals surface area contributed by atoms with Crippen molar-refractivity contribution in [2.45, 2.75) is 70.5 Å². The second-order valence-corrected chi connectivity index (χ2v) is 10.7. The second-order valence-electron chi connectivity index (χ2n) is 10.7. The molecule has 3 heterocycles. The average molecular weight is 543 g/mol. The molecule has 0 amide bonds. The third-order valence-electron chi connectivity index (χ3n) is 7.61. The number of nitrogens with one attached hydrogen (secondary N) is 2. The molecule has 4 unspecified atom stereocenters. The van der Waals surface area contributed by atoms with Gasteiger partial charge in [0.1, 0.15) is 23.3 Å². The maximum Gasteiger partial charge on any atom is 0.176 e. The van der Waals surface area contributed by atoms with E-state index in [-0.39, 0.29) is 35.1 Å². The van der Waals surface area contributed by atoms with E-state index in [2.05, 4.69) is 15.3 Å². The van der Waals surface area contributed by atoms with E-state index in [1.165, 1.54) is 11.0 Å². The van der Waals surface area contributed by atoms with Crippen molar-refractivity contribution in [1.29, 1.82) is 5.41 Å². The Bertz CT molecular complexity index is 1220. The average Bonchev–Trinajstić information content (AvgIpc) is 2.90. The summed E-state index contributed by atoms with van der Waals surface area (Å²) in [6.07, 6.45) is 10.1. The lowest BCUT2D eigenvalue weighted by atomic mass is 9.78. The number of hydrogen-bond donors (Lipinski definition) is 3. The van der Waals surface area contributed by atoms with E-state index >= 15 is 4.39 Å². The Morgan fingerprint density at radius 3 is 2.90 bits per heavy atom. The van der Waals surface area contributed by atoms with Gasteiger partial charge in [0.25, 0.3) is 0 Å². The number of allylic oxidation sites excluding steroid dienone is 3. The molecule has 2 aliphatic heterocycles. The SMILES string of the molecule is CC(N)CCCCC(=O)C(=N)C1CCCC(C=NC2C(F)=CC(F)=C(C3=CCNc4ncc(F)cc43)N2C)C1. The fraction of sp³-hybridized carbons (Fsp3) is 0.517. The highest BCUT2D eigenvalue weighted by atomic mass is 19.1. The molecule has 0 spiro atoms. The first-order chi connectivity index (χ1) is 18.7. The number of nitrogens with two attached hydrogens (primary N) is 1. The minimum absolute atomic E-state index is 0.0208. The number of likely N-dealkylation sites (N-methyl/N-ethyl adjacent to an activating group) is 1. The molecule has 1 aromatic heterocycles. The number of hydrogen-bond acceptors (Lipinski definition) is 7. The van der Waals surface area contributed by atoms with Gasteiger partial charge in [0.05, 0.1) is 17.6 Å². The molecule has 1 aromatic rings. The summed E-state index contributed by atoms with van der Waals surface area (Å²) in [5.41, 5.74) is 6.87. The van der Waals surface area contributed by atoms with Gasteiger partial charge in [-0.3, -0.25) is 9.79 Å². The Kier molecular flexibility index (Phi) is 9.37. The first-order valence-electron chi connectivity index (χ1n) is 13.7. The molecule has 7 nitrogen and oxygen atoms in total. The largest absolute Gasteiger partial charge is 0.366 e. The summed E-state index contributed by atoms with van der Waals surface area (Å²) in [6, 6.07) is 1.38. The zero-order chi connectivity index (χ0) is 28.1. The van der Waals surface area contributed by atoms with Crippen LogP contribution in [0.3, 0.4) is 0 Å². The van der Waals surface area contributed by atoms with E-state index in [0.717, 1.165) is 50.8 Å². The summed E-state index contributed by atoms with van der Waals surface area (Å²) in [6.45, 7) is 2.31. The van der Waals surface area contributed by atoms with Crippen molar-refractivity contribution in [2.75, 3.05) is 18.9 Å². The van der Waals surface area contributed by atoms with Crippen LogP contribution in [0.1, 0.15) is 63.9 Å². The molecule has 1 fully saturated rings. The van der Waals surface area contributed by atoms with Crippen molar-refractivity contribution in [3.05, 3.63) is 53.1 Å². The highest BCUT2D eigenvalue weighted by molar-refractivity contribution is 6.39. The van der Waals surface area contributed by atoms with Gasteiger partial charge in [0.2, 0.25) is 0 Å². The van der Waals surface area contributed by atoms with Crippen LogP contribution in [0.4, 0.5) is 19.0 Å². The molecule has 0 saturated heterocycles. The van der Waals surface area contributed by atoms with Gasteiger partial charge >= 0.3 is 0 Å². The van der Waals surface area contributed by atoms with Gasteiger partial charge in [0, 0.05) is 55.4 Å². The summed E-state index contributed by atoms with van der Waals surface area (Å²) < 4.78 is 44.0. The lowest BCUT2D eigenvalue weighted by Crippen LogP contribution is -2.35. The standard InChI is InChI=1S/C29H37F3N6O/c1-17(33)6-3-4-9-25(39)26(34)19-8-5-7-18(12-19)15-37-29-24(32)14-23(31)27(38(29)2)21-10-11-35-28-22(21)13-20(30)16-36-28/h10,13-19,29,34H,3-9,11-12,33H2,1-2H3,(H,35,36). The lowest BCUT2D eigenvalue weighted by molar-refractivity contribution is -0.113. The van der Waals surface area contributed by atoms with Crippen molar-refractivity contribution >= 4 is 29.1 Å². The zero-order valence-corrected chi connectivity index (χ0v) is 22.5. The molecule has 0 aromatic carbocycles. The van der Waals surface area contributed by atoms with Gasteiger partial charge < -0.3 is 21.4 Å². The fourth-order valence-electron chi connectivity index (χ4n) is 5.54. The van der Waals surface area contributed by atoms with Crippen LogP contribution in [0.2, 0.25) is 0 Å². The van der Waals surface area contributed by atoms with Crippen molar-refractivity contribution in [3.63, 3.8) is 0 Å². The highest BCUT2D eigenvalue weighted by Crippen LogP contribution is 2.39. The topological polar surface area (TPSA) is 107 Å². The number of nitrogens with zero attached hydrogens (tertiary/aromatic N) is 3. The number of fused-ring (bicyclic) bond motifs is 1. The van der Waals surface area contributed by atoms with Crippen LogP contribution in [0, 0.1) is 23.1 Å². The van der Waals surface area contributed by atoms with E-state index in [1.807, 2.05) is 6.92 Å². The molecule has 210 valence electrons.